The van der Waals surface area contributed by atoms with Crippen molar-refractivity contribution in [2.75, 3.05) is 19.6 Å². The number of amides is 2. The predicted molar refractivity (Wildman–Crippen MR) is 92.1 cm³/mol. The Kier molecular flexibility index (Phi) is 7.34. The minimum absolute atomic E-state index is 0.0286. The molecule has 1 saturated heterocycles. The zero-order valence-corrected chi connectivity index (χ0v) is 14.8. The minimum atomic E-state index is 0.0286. The number of rotatable bonds is 6. The molecule has 0 spiro atoms. The van der Waals surface area contributed by atoms with E-state index in [1.807, 2.05) is 0 Å². The molecule has 132 valence electrons. The van der Waals surface area contributed by atoms with Crippen LogP contribution in [-0.2, 0) is 9.59 Å². The molecule has 0 bridgehead atoms. The molecule has 1 aliphatic heterocycles. The fourth-order valence-corrected chi connectivity index (χ4v) is 4.08. The van der Waals surface area contributed by atoms with Crippen LogP contribution in [0.3, 0.4) is 0 Å². The average molecular weight is 323 g/mol. The van der Waals surface area contributed by atoms with Crippen molar-refractivity contribution in [1.82, 2.24) is 15.5 Å². The van der Waals surface area contributed by atoms with E-state index in [4.69, 9.17) is 0 Å². The zero-order valence-electron chi connectivity index (χ0n) is 14.8. The van der Waals surface area contributed by atoms with Crippen LogP contribution >= 0.6 is 0 Å². The molecule has 5 heteroatoms. The van der Waals surface area contributed by atoms with E-state index in [1.54, 1.807) is 6.92 Å². The molecule has 0 aromatic carbocycles. The third kappa shape index (κ3) is 6.13. The zero-order chi connectivity index (χ0) is 16.7. The molecule has 2 fully saturated rings. The Morgan fingerprint density at radius 2 is 1.74 bits per heavy atom. The smallest absolute Gasteiger partial charge is 0.234 e. The maximum Gasteiger partial charge on any atom is 0.234 e. The Labute approximate surface area is 140 Å². The van der Waals surface area contributed by atoms with E-state index in [9.17, 15) is 9.59 Å². The molecule has 1 saturated carbocycles. The molecule has 23 heavy (non-hydrogen) atoms. The number of carbonyl (C=O) groups excluding carboxylic acids is 2. The van der Waals surface area contributed by atoms with Crippen molar-refractivity contribution >= 4 is 11.8 Å². The van der Waals surface area contributed by atoms with Crippen LogP contribution in [0.4, 0.5) is 0 Å². The van der Waals surface area contributed by atoms with Gasteiger partial charge in [0.1, 0.15) is 0 Å². The van der Waals surface area contributed by atoms with Gasteiger partial charge in [0.2, 0.25) is 11.8 Å². The lowest BCUT2D eigenvalue weighted by molar-refractivity contribution is -0.122. The van der Waals surface area contributed by atoms with Gasteiger partial charge in [-0.1, -0.05) is 39.0 Å². The van der Waals surface area contributed by atoms with Gasteiger partial charge in [0.05, 0.1) is 6.54 Å². The van der Waals surface area contributed by atoms with Gasteiger partial charge in [-0.05, 0) is 25.2 Å². The molecule has 2 aliphatic rings. The van der Waals surface area contributed by atoms with Crippen molar-refractivity contribution in [3.05, 3.63) is 0 Å². The fourth-order valence-electron chi connectivity index (χ4n) is 4.08. The Balaban J connectivity index is 1.79. The molecule has 0 aromatic heterocycles. The van der Waals surface area contributed by atoms with Gasteiger partial charge in [-0.15, -0.1) is 0 Å². The summed E-state index contributed by atoms with van der Waals surface area (Å²) in [5.74, 6) is 0.645. The van der Waals surface area contributed by atoms with Gasteiger partial charge in [0, 0.05) is 32.1 Å². The van der Waals surface area contributed by atoms with Crippen LogP contribution < -0.4 is 10.6 Å². The van der Waals surface area contributed by atoms with E-state index in [-0.39, 0.29) is 17.9 Å². The van der Waals surface area contributed by atoms with Gasteiger partial charge < -0.3 is 10.6 Å². The fraction of sp³-hybridized carbons (Fsp3) is 0.889. The number of hydrogen-bond acceptors (Lipinski definition) is 3. The number of carbonyl (C=O) groups is 2. The number of nitrogens with zero attached hydrogens (tertiary/aromatic N) is 1. The summed E-state index contributed by atoms with van der Waals surface area (Å²) in [5, 5.41) is 6.28. The molecule has 2 N–H and O–H groups in total. The van der Waals surface area contributed by atoms with E-state index in [0.717, 1.165) is 38.8 Å². The summed E-state index contributed by atoms with van der Waals surface area (Å²) in [5.41, 5.74) is 0. The molecule has 0 radical (unpaired) electrons. The highest BCUT2D eigenvalue weighted by molar-refractivity contribution is 5.78. The van der Waals surface area contributed by atoms with Crippen LogP contribution in [0, 0.1) is 5.92 Å². The minimum Gasteiger partial charge on any atom is -0.352 e. The van der Waals surface area contributed by atoms with E-state index < -0.39 is 0 Å². The molecule has 2 rings (SSSR count). The first-order valence-corrected chi connectivity index (χ1v) is 9.37. The molecular formula is C18H33N3O2. The Morgan fingerprint density at radius 3 is 2.35 bits per heavy atom. The van der Waals surface area contributed by atoms with Crippen molar-refractivity contribution in [3.8, 4) is 0 Å². The van der Waals surface area contributed by atoms with Crippen LogP contribution in [0.25, 0.3) is 0 Å². The van der Waals surface area contributed by atoms with Gasteiger partial charge in [0.25, 0.3) is 0 Å². The summed E-state index contributed by atoms with van der Waals surface area (Å²) in [6, 6.07) is 0.559. The van der Waals surface area contributed by atoms with E-state index in [1.165, 1.54) is 25.7 Å². The van der Waals surface area contributed by atoms with Crippen LogP contribution in [0.15, 0.2) is 0 Å². The highest BCUT2D eigenvalue weighted by atomic mass is 16.2. The van der Waals surface area contributed by atoms with Crippen molar-refractivity contribution in [1.29, 1.82) is 0 Å². The quantitative estimate of drug-likeness (QED) is 0.736. The maximum atomic E-state index is 12.3. The lowest BCUT2D eigenvalue weighted by Gasteiger charge is -2.20. The Bertz CT molecular complexity index is 392. The number of nitrogens with one attached hydrogen (secondary N) is 2. The summed E-state index contributed by atoms with van der Waals surface area (Å²) >= 11 is 0. The van der Waals surface area contributed by atoms with Crippen molar-refractivity contribution in [2.45, 2.75) is 77.3 Å². The monoisotopic (exact) mass is 323 g/mol. The third-order valence-electron chi connectivity index (χ3n) is 5.15. The Hall–Kier alpha value is -1.10. The van der Waals surface area contributed by atoms with Gasteiger partial charge in [0.15, 0.2) is 0 Å². The van der Waals surface area contributed by atoms with Gasteiger partial charge in [-0.3, -0.25) is 14.5 Å². The lowest BCUT2D eigenvalue weighted by Crippen LogP contribution is -2.43. The van der Waals surface area contributed by atoms with Crippen LogP contribution in [-0.4, -0.2) is 48.4 Å². The summed E-state index contributed by atoms with van der Waals surface area (Å²) in [6.45, 7) is 5.92. The standard InChI is InChI=1S/C18H33N3O2/c1-3-8-15-11-21(12-17(15)19-14(2)22)13-18(23)20-16-9-6-4-5-7-10-16/h15-17H,3-13H2,1-2H3,(H,19,22)(H,20,23)/t15-,17-/m1/s1. The van der Waals surface area contributed by atoms with Crippen LogP contribution in [0.1, 0.15) is 65.2 Å². The lowest BCUT2D eigenvalue weighted by atomic mass is 9.98. The molecule has 1 aliphatic carbocycles. The summed E-state index contributed by atoms with van der Waals surface area (Å²) in [7, 11) is 0. The molecule has 2 atom stereocenters. The second kappa shape index (κ2) is 9.26. The normalized spacial score (nSPS) is 26.7. The molecule has 1 heterocycles. The van der Waals surface area contributed by atoms with Crippen molar-refractivity contribution in [3.63, 3.8) is 0 Å². The second-order valence-corrected chi connectivity index (χ2v) is 7.31. The van der Waals surface area contributed by atoms with Crippen LogP contribution in [0.5, 0.6) is 0 Å². The first-order chi connectivity index (χ1) is 11.1. The SMILES string of the molecule is CCC[C@@H]1CN(CC(=O)NC2CCCCCC2)C[C@H]1NC(C)=O. The summed E-state index contributed by atoms with van der Waals surface area (Å²) in [6.07, 6.45) is 9.53. The number of likely N-dealkylation sites (tertiary alicyclic amines) is 1. The topological polar surface area (TPSA) is 61.4 Å². The average Bonchev–Trinajstić information content (AvgIpc) is 2.69. The van der Waals surface area contributed by atoms with Gasteiger partial charge in [-0.2, -0.15) is 0 Å². The number of hydrogen-bond donors (Lipinski definition) is 2. The molecule has 0 unspecified atom stereocenters. The Morgan fingerprint density at radius 1 is 1.04 bits per heavy atom. The second-order valence-electron chi connectivity index (χ2n) is 7.31. The third-order valence-corrected chi connectivity index (χ3v) is 5.15. The molecule has 0 aromatic rings. The van der Waals surface area contributed by atoms with Gasteiger partial charge in [-0.25, -0.2) is 0 Å². The first-order valence-electron chi connectivity index (χ1n) is 9.37. The highest BCUT2D eigenvalue weighted by Crippen LogP contribution is 2.22. The van der Waals surface area contributed by atoms with E-state index in [2.05, 4.69) is 22.5 Å². The highest BCUT2D eigenvalue weighted by Gasteiger charge is 2.33. The van der Waals surface area contributed by atoms with Gasteiger partial charge >= 0.3 is 0 Å². The van der Waals surface area contributed by atoms with Crippen molar-refractivity contribution < 1.29 is 9.59 Å². The summed E-state index contributed by atoms with van der Waals surface area (Å²) in [4.78, 5) is 25.9. The van der Waals surface area contributed by atoms with Crippen LogP contribution in [0.2, 0.25) is 0 Å². The predicted octanol–water partition coefficient (Wildman–Crippen LogP) is 2.06. The summed E-state index contributed by atoms with van der Waals surface area (Å²) < 4.78 is 0. The largest absolute Gasteiger partial charge is 0.352 e. The van der Waals surface area contributed by atoms with E-state index in [0.29, 0.717) is 18.5 Å². The molecule has 5 nitrogen and oxygen atoms in total. The molecule has 2 amide bonds. The first kappa shape index (κ1) is 18.2. The van der Waals surface area contributed by atoms with Crippen molar-refractivity contribution in [2.24, 2.45) is 5.92 Å². The molecular weight excluding hydrogens is 290 g/mol. The van der Waals surface area contributed by atoms with E-state index >= 15 is 0 Å². The maximum absolute atomic E-state index is 12.3.